The van der Waals surface area contributed by atoms with Gasteiger partial charge < -0.3 is 4.74 Å². The third-order valence-corrected chi connectivity index (χ3v) is 4.20. The van der Waals surface area contributed by atoms with E-state index in [4.69, 9.17) is 4.74 Å². The van der Waals surface area contributed by atoms with Crippen molar-refractivity contribution >= 4 is 5.57 Å². The van der Waals surface area contributed by atoms with E-state index in [-0.39, 0.29) is 0 Å². The topological polar surface area (TPSA) is 9.23 Å². The van der Waals surface area contributed by atoms with Gasteiger partial charge in [0.25, 0.3) is 0 Å². The predicted molar refractivity (Wildman–Crippen MR) is 84.7 cm³/mol. The van der Waals surface area contributed by atoms with E-state index in [1.54, 1.807) is 0 Å². The summed E-state index contributed by atoms with van der Waals surface area (Å²) in [7, 11) is 0. The van der Waals surface area contributed by atoms with Crippen LogP contribution >= 0.6 is 0 Å². The quantitative estimate of drug-likeness (QED) is 0.755. The Bertz CT molecular complexity index is 577. The molecule has 3 rings (SSSR count). The van der Waals surface area contributed by atoms with E-state index in [9.17, 15) is 0 Å². The van der Waals surface area contributed by atoms with Gasteiger partial charge >= 0.3 is 0 Å². The molecule has 2 aliphatic carbocycles. The van der Waals surface area contributed by atoms with Crippen LogP contribution in [0.4, 0.5) is 0 Å². The molecule has 0 heterocycles. The molecule has 2 unspecified atom stereocenters. The van der Waals surface area contributed by atoms with E-state index in [0.717, 1.165) is 19.4 Å². The van der Waals surface area contributed by atoms with Crippen LogP contribution in [0.15, 0.2) is 54.1 Å². The average Bonchev–Trinajstić information content (AvgIpc) is 2.63. The molecule has 0 fully saturated rings. The molecule has 0 saturated heterocycles. The van der Waals surface area contributed by atoms with Gasteiger partial charge in [0.15, 0.2) is 0 Å². The van der Waals surface area contributed by atoms with Crippen molar-refractivity contribution in [1.29, 1.82) is 0 Å². The second kappa shape index (κ2) is 5.80. The highest BCUT2D eigenvalue weighted by molar-refractivity contribution is 5.89. The molecule has 1 aromatic rings. The minimum atomic E-state index is 0.300. The molecular weight excluding hydrogens is 244 g/mol. The van der Waals surface area contributed by atoms with Gasteiger partial charge in [-0.3, -0.25) is 0 Å². The minimum Gasteiger partial charge on any atom is -0.379 e. The number of fused-ring (bicyclic) bond motifs is 3. The number of hydrogen-bond acceptors (Lipinski definition) is 1. The van der Waals surface area contributed by atoms with Gasteiger partial charge in [-0.1, -0.05) is 48.6 Å². The fraction of sp³-hybridized carbons (Fsp3) is 0.368. The highest BCUT2D eigenvalue weighted by atomic mass is 16.5. The molecule has 2 atom stereocenters. The summed E-state index contributed by atoms with van der Waals surface area (Å²) in [5.74, 6) is 0.485. The van der Waals surface area contributed by atoms with Crippen molar-refractivity contribution in [2.75, 3.05) is 6.61 Å². The number of hydrogen-bond donors (Lipinski definition) is 0. The first-order chi connectivity index (χ1) is 9.81. The molecule has 0 radical (unpaired) electrons. The van der Waals surface area contributed by atoms with Gasteiger partial charge in [0.2, 0.25) is 0 Å². The summed E-state index contributed by atoms with van der Waals surface area (Å²) in [5, 5.41) is 0. The lowest BCUT2D eigenvalue weighted by Crippen LogP contribution is -2.13. The summed E-state index contributed by atoms with van der Waals surface area (Å²) in [5.41, 5.74) is 5.76. The molecule has 0 N–H and O–H groups in total. The molecule has 2 aliphatic rings. The Morgan fingerprint density at radius 2 is 2.15 bits per heavy atom. The van der Waals surface area contributed by atoms with Gasteiger partial charge in [-0.25, -0.2) is 0 Å². The second-order valence-corrected chi connectivity index (χ2v) is 5.55. The van der Waals surface area contributed by atoms with E-state index in [1.807, 2.05) is 0 Å². The molecule has 1 nitrogen and oxygen atoms in total. The average molecular weight is 266 g/mol. The number of rotatable bonds is 4. The van der Waals surface area contributed by atoms with Gasteiger partial charge in [-0.15, -0.1) is 0 Å². The van der Waals surface area contributed by atoms with Gasteiger partial charge in [0.1, 0.15) is 0 Å². The molecule has 0 amide bonds. The molecular formula is C19H22O. The third-order valence-electron chi connectivity index (χ3n) is 4.20. The zero-order valence-corrected chi connectivity index (χ0v) is 12.3. The summed E-state index contributed by atoms with van der Waals surface area (Å²) in [6.07, 6.45) is 11.5. The van der Waals surface area contributed by atoms with Crippen molar-refractivity contribution in [2.45, 2.75) is 38.7 Å². The van der Waals surface area contributed by atoms with Gasteiger partial charge in [-0.2, -0.15) is 0 Å². The first-order valence-electron chi connectivity index (χ1n) is 7.59. The van der Waals surface area contributed by atoms with E-state index >= 15 is 0 Å². The smallest absolute Gasteiger partial charge is 0.0555 e. The van der Waals surface area contributed by atoms with Crippen LogP contribution in [0.1, 0.15) is 43.7 Å². The van der Waals surface area contributed by atoms with E-state index in [2.05, 4.69) is 62.4 Å². The zero-order valence-electron chi connectivity index (χ0n) is 12.3. The summed E-state index contributed by atoms with van der Waals surface area (Å²) in [4.78, 5) is 0. The molecule has 20 heavy (non-hydrogen) atoms. The standard InChI is InChI=1S/C19H22O/c1-3-20-14(2)13-19-17-10-6-4-5-9-15(17)16-11-7-8-12-18(16)19/h4-5,7-12,14,19H,3,6,13H2,1-2H3. The Hall–Kier alpha value is -1.60. The summed E-state index contributed by atoms with van der Waals surface area (Å²) in [6.45, 7) is 5.04. The lowest BCUT2D eigenvalue weighted by atomic mass is 9.91. The first kappa shape index (κ1) is 13.4. The normalized spacial score (nSPS) is 21.6. The number of benzene rings is 1. The van der Waals surface area contributed by atoms with Crippen LogP contribution < -0.4 is 0 Å². The SMILES string of the molecule is CCOC(C)CC1C2=CCC=CC=C2c2ccccc21. The maximum atomic E-state index is 5.77. The molecule has 0 aliphatic heterocycles. The molecule has 0 saturated carbocycles. The van der Waals surface area contributed by atoms with Crippen LogP contribution in [-0.4, -0.2) is 12.7 Å². The second-order valence-electron chi connectivity index (χ2n) is 5.55. The first-order valence-corrected chi connectivity index (χ1v) is 7.59. The molecule has 0 aromatic heterocycles. The van der Waals surface area contributed by atoms with E-state index in [1.165, 1.54) is 22.3 Å². The van der Waals surface area contributed by atoms with Gasteiger partial charge in [0, 0.05) is 12.5 Å². The molecule has 1 heteroatoms. The summed E-state index contributed by atoms with van der Waals surface area (Å²) in [6, 6.07) is 8.82. The van der Waals surface area contributed by atoms with E-state index in [0.29, 0.717) is 12.0 Å². The van der Waals surface area contributed by atoms with Crippen molar-refractivity contribution in [2.24, 2.45) is 0 Å². The number of allylic oxidation sites excluding steroid dienone is 6. The van der Waals surface area contributed by atoms with Crippen molar-refractivity contribution in [3.8, 4) is 0 Å². The molecule has 104 valence electrons. The molecule has 1 aromatic carbocycles. The summed E-state index contributed by atoms with van der Waals surface area (Å²) < 4.78 is 5.77. The van der Waals surface area contributed by atoms with Gasteiger partial charge in [-0.05, 0) is 49.0 Å². The Morgan fingerprint density at radius 3 is 3.00 bits per heavy atom. The molecule has 0 spiro atoms. The van der Waals surface area contributed by atoms with Crippen LogP contribution in [0.3, 0.4) is 0 Å². The fourth-order valence-corrected chi connectivity index (χ4v) is 3.37. The van der Waals surface area contributed by atoms with Gasteiger partial charge in [0.05, 0.1) is 6.10 Å². The third kappa shape index (κ3) is 2.38. The van der Waals surface area contributed by atoms with Crippen molar-refractivity contribution in [3.05, 3.63) is 65.3 Å². The Morgan fingerprint density at radius 1 is 1.30 bits per heavy atom. The van der Waals surface area contributed by atoms with Crippen molar-refractivity contribution in [1.82, 2.24) is 0 Å². The maximum absolute atomic E-state index is 5.77. The van der Waals surface area contributed by atoms with Crippen molar-refractivity contribution < 1.29 is 4.74 Å². The van der Waals surface area contributed by atoms with Crippen LogP contribution in [0, 0.1) is 0 Å². The van der Waals surface area contributed by atoms with Crippen LogP contribution in [0.25, 0.3) is 5.57 Å². The van der Waals surface area contributed by atoms with Crippen LogP contribution in [-0.2, 0) is 4.74 Å². The molecule has 0 bridgehead atoms. The predicted octanol–water partition coefficient (Wildman–Crippen LogP) is 4.87. The highest BCUT2D eigenvalue weighted by Crippen LogP contribution is 2.48. The van der Waals surface area contributed by atoms with Crippen LogP contribution in [0.2, 0.25) is 0 Å². The van der Waals surface area contributed by atoms with Crippen LogP contribution in [0.5, 0.6) is 0 Å². The lowest BCUT2D eigenvalue weighted by Gasteiger charge is -2.19. The Balaban J connectivity index is 1.99. The van der Waals surface area contributed by atoms with E-state index < -0.39 is 0 Å². The Labute approximate surface area is 121 Å². The highest BCUT2D eigenvalue weighted by Gasteiger charge is 2.31. The monoisotopic (exact) mass is 266 g/mol. The minimum absolute atomic E-state index is 0.300. The summed E-state index contributed by atoms with van der Waals surface area (Å²) >= 11 is 0. The zero-order chi connectivity index (χ0) is 13.9. The number of ether oxygens (including phenoxy) is 1. The fourth-order valence-electron chi connectivity index (χ4n) is 3.37. The maximum Gasteiger partial charge on any atom is 0.0555 e. The van der Waals surface area contributed by atoms with Crippen molar-refractivity contribution in [3.63, 3.8) is 0 Å². The largest absolute Gasteiger partial charge is 0.379 e. The Kier molecular flexibility index (Phi) is 3.88. The lowest BCUT2D eigenvalue weighted by molar-refractivity contribution is 0.0676.